The van der Waals surface area contributed by atoms with Crippen molar-refractivity contribution in [2.75, 3.05) is 0 Å². The highest BCUT2D eigenvalue weighted by Crippen LogP contribution is 2.67. The largest absolute Gasteiger partial charge is 0.481 e. The van der Waals surface area contributed by atoms with Gasteiger partial charge in [-0.05, 0) is 73.0 Å². The van der Waals surface area contributed by atoms with E-state index in [2.05, 4.69) is 13.8 Å². The van der Waals surface area contributed by atoms with Crippen molar-refractivity contribution in [3.8, 4) is 0 Å². The molecule has 23 heavy (non-hydrogen) atoms. The van der Waals surface area contributed by atoms with E-state index >= 15 is 0 Å². The van der Waals surface area contributed by atoms with E-state index in [0.29, 0.717) is 29.6 Å². The third-order valence-electron chi connectivity index (χ3n) is 8.70. The van der Waals surface area contributed by atoms with Crippen LogP contribution in [0.2, 0.25) is 0 Å². The summed E-state index contributed by atoms with van der Waals surface area (Å²) in [7, 11) is 0. The molecule has 3 nitrogen and oxygen atoms in total. The number of rotatable bonds is 1. The van der Waals surface area contributed by atoms with Crippen molar-refractivity contribution >= 4 is 11.8 Å². The summed E-state index contributed by atoms with van der Waals surface area (Å²) in [4.78, 5) is 24.1. The molecule has 128 valence electrons. The lowest BCUT2D eigenvalue weighted by atomic mass is 9.43. The van der Waals surface area contributed by atoms with Gasteiger partial charge in [-0.2, -0.15) is 0 Å². The van der Waals surface area contributed by atoms with Crippen LogP contribution in [-0.2, 0) is 9.59 Å². The minimum atomic E-state index is -0.731. The number of carboxylic acids is 1. The third-order valence-corrected chi connectivity index (χ3v) is 8.70. The van der Waals surface area contributed by atoms with Gasteiger partial charge in [0.25, 0.3) is 0 Å². The molecule has 0 saturated heterocycles. The highest BCUT2D eigenvalue weighted by atomic mass is 16.4. The van der Waals surface area contributed by atoms with Gasteiger partial charge in [-0.1, -0.05) is 20.3 Å². The Morgan fingerprint density at radius 1 is 1.04 bits per heavy atom. The molecular formula is C20H30O3. The quantitative estimate of drug-likeness (QED) is 0.784. The second-order valence-corrected chi connectivity index (χ2v) is 9.44. The number of hydrogen-bond donors (Lipinski definition) is 1. The van der Waals surface area contributed by atoms with Crippen molar-refractivity contribution < 1.29 is 14.7 Å². The lowest BCUT2D eigenvalue weighted by Crippen LogP contribution is -2.57. The molecular weight excluding hydrogens is 288 g/mol. The van der Waals surface area contributed by atoms with Crippen LogP contribution in [0, 0.1) is 40.4 Å². The molecule has 1 N–H and O–H groups in total. The van der Waals surface area contributed by atoms with Gasteiger partial charge in [-0.15, -0.1) is 0 Å². The zero-order valence-electron chi connectivity index (χ0n) is 14.5. The molecule has 0 aromatic rings. The Bertz CT molecular complexity index is 541. The second kappa shape index (κ2) is 5.07. The molecule has 0 aromatic heterocycles. The van der Waals surface area contributed by atoms with Gasteiger partial charge >= 0.3 is 5.97 Å². The smallest absolute Gasteiger partial charge is 0.307 e. The first-order valence-electron chi connectivity index (χ1n) is 9.61. The molecule has 0 amide bonds. The number of ketones is 1. The average molecular weight is 318 g/mol. The first kappa shape index (κ1) is 15.7. The van der Waals surface area contributed by atoms with E-state index < -0.39 is 11.9 Å². The molecule has 4 aliphatic rings. The molecule has 3 heteroatoms. The maximum Gasteiger partial charge on any atom is 0.307 e. The second-order valence-electron chi connectivity index (χ2n) is 9.44. The fourth-order valence-corrected chi connectivity index (χ4v) is 7.49. The Kier molecular flexibility index (Phi) is 3.45. The van der Waals surface area contributed by atoms with E-state index in [1.165, 1.54) is 38.5 Å². The summed E-state index contributed by atoms with van der Waals surface area (Å²) in [5, 5.41) is 9.84. The number of aliphatic carboxylic acids is 1. The van der Waals surface area contributed by atoms with Crippen LogP contribution in [0.3, 0.4) is 0 Å². The van der Waals surface area contributed by atoms with Crippen molar-refractivity contribution in [3.05, 3.63) is 0 Å². The number of fused-ring (bicyclic) bond motifs is 5. The molecule has 2 unspecified atom stereocenters. The zero-order valence-corrected chi connectivity index (χ0v) is 14.5. The van der Waals surface area contributed by atoms with Crippen LogP contribution in [0.15, 0.2) is 0 Å². The lowest BCUT2D eigenvalue weighted by Gasteiger charge is -2.61. The van der Waals surface area contributed by atoms with Crippen LogP contribution in [0.5, 0.6) is 0 Å². The Hall–Kier alpha value is -0.860. The van der Waals surface area contributed by atoms with Crippen LogP contribution >= 0.6 is 0 Å². The van der Waals surface area contributed by atoms with E-state index in [1.807, 2.05) is 0 Å². The topological polar surface area (TPSA) is 54.4 Å². The maximum absolute atomic E-state index is 12.1. The monoisotopic (exact) mass is 318 g/mol. The molecule has 7 atom stereocenters. The van der Waals surface area contributed by atoms with Gasteiger partial charge in [-0.25, -0.2) is 0 Å². The molecule has 0 aromatic carbocycles. The lowest BCUT2D eigenvalue weighted by molar-refractivity contribution is -0.173. The predicted octanol–water partition coefficient (Wildman–Crippen LogP) is 4.30. The van der Waals surface area contributed by atoms with Crippen LogP contribution < -0.4 is 0 Å². The van der Waals surface area contributed by atoms with Crippen LogP contribution in [-0.4, -0.2) is 16.9 Å². The molecule has 0 radical (unpaired) electrons. The Labute approximate surface area is 139 Å². The van der Waals surface area contributed by atoms with E-state index in [0.717, 1.165) is 12.3 Å². The number of carbonyl (C=O) groups is 2. The van der Waals surface area contributed by atoms with Crippen LogP contribution in [0.1, 0.15) is 71.6 Å². The first-order chi connectivity index (χ1) is 10.9. The van der Waals surface area contributed by atoms with Crippen molar-refractivity contribution in [1.82, 2.24) is 0 Å². The predicted molar refractivity (Wildman–Crippen MR) is 87.9 cm³/mol. The SMILES string of the molecule is C[C@@]12CCC[C@H]1[C@@H]1CCC3CC(=O)CC(C(=O)O)[C@]3(C)[C@H]1CC2. The summed E-state index contributed by atoms with van der Waals surface area (Å²) in [6, 6.07) is 0. The minimum Gasteiger partial charge on any atom is -0.481 e. The molecule has 0 spiro atoms. The Balaban J connectivity index is 1.71. The van der Waals surface area contributed by atoms with E-state index in [1.54, 1.807) is 0 Å². The molecule has 4 saturated carbocycles. The molecule has 0 heterocycles. The van der Waals surface area contributed by atoms with E-state index in [9.17, 15) is 14.7 Å². The number of hydrogen-bond acceptors (Lipinski definition) is 2. The zero-order chi connectivity index (χ0) is 16.4. The summed E-state index contributed by atoms with van der Waals surface area (Å²) < 4.78 is 0. The van der Waals surface area contributed by atoms with Gasteiger partial charge in [0.2, 0.25) is 0 Å². The van der Waals surface area contributed by atoms with Gasteiger partial charge in [0, 0.05) is 12.8 Å². The highest BCUT2D eigenvalue weighted by Gasteiger charge is 2.62. The summed E-state index contributed by atoms with van der Waals surface area (Å²) in [5.41, 5.74) is 0.347. The van der Waals surface area contributed by atoms with Crippen molar-refractivity contribution in [2.24, 2.45) is 40.4 Å². The Morgan fingerprint density at radius 2 is 1.83 bits per heavy atom. The van der Waals surface area contributed by atoms with Gasteiger partial charge in [0.15, 0.2) is 0 Å². The van der Waals surface area contributed by atoms with E-state index in [4.69, 9.17) is 0 Å². The third kappa shape index (κ3) is 2.07. The van der Waals surface area contributed by atoms with Crippen molar-refractivity contribution in [3.63, 3.8) is 0 Å². The number of carbonyl (C=O) groups excluding carboxylic acids is 1. The van der Waals surface area contributed by atoms with Gasteiger partial charge < -0.3 is 5.11 Å². The summed E-state index contributed by atoms with van der Waals surface area (Å²) >= 11 is 0. The first-order valence-corrected chi connectivity index (χ1v) is 9.61. The number of Topliss-reactive ketones (excluding diaryl/α,β-unsaturated/α-hetero) is 1. The van der Waals surface area contributed by atoms with Crippen molar-refractivity contribution in [2.45, 2.75) is 71.6 Å². The fraction of sp³-hybridized carbons (Fsp3) is 0.900. The van der Waals surface area contributed by atoms with Crippen LogP contribution in [0.25, 0.3) is 0 Å². The van der Waals surface area contributed by atoms with Crippen LogP contribution in [0.4, 0.5) is 0 Å². The standard InChI is InChI=1S/C20H30O3/c1-19-8-3-4-15(19)14-6-5-12-10-13(21)11-17(18(22)23)20(12,2)16(14)7-9-19/h12,14-17H,3-11H2,1-2H3,(H,22,23)/t12?,14-,15-,16-,17?,19-,20-/m0/s1. The van der Waals surface area contributed by atoms with Gasteiger partial charge in [-0.3, -0.25) is 9.59 Å². The number of carboxylic acid groups (broad SMARTS) is 1. The highest BCUT2D eigenvalue weighted by molar-refractivity contribution is 5.86. The summed E-state index contributed by atoms with van der Waals surface area (Å²) in [5.74, 6) is 1.32. The van der Waals surface area contributed by atoms with Crippen molar-refractivity contribution in [1.29, 1.82) is 0 Å². The molecule has 0 bridgehead atoms. The minimum absolute atomic E-state index is 0.160. The Morgan fingerprint density at radius 3 is 2.57 bits per heavy atom. The molecule has 4 aliphatic carbocycles. The summed E-state index contributed by atoms with van der Waals surface area (Å²) in [6.07, 6.45) is 9.70. The normalized spacial score (nSPS) is 52.4. The fourth-order valence-electron chi connectivity index (χ4n) is 7.49. The molecule has 0 aliphatic heterocycles. The van der Waals surface area contributed by atoms with Gasteiger partial charge in [0.1, 0.15) is 5.78 Å². The molecule has 4 rings (SSSR count). The van der Waals surface area contributed by atoms with E-state index in [-0.39, 0.29) is 17.6 Å². The maximum atomic E-state index is 12.1. The molecule has 4 fully saturated rings. The summed E-state index contributed by atoms with van der Waals surface area (Å²) in [6.45, 7) is 4.71. The average Bonchev–Trinajstić information content (AvgIpc) is 2.88. The van der Waals surface area contributed by atoms with Gasteiger partial charge in [0.05, 0.1) is 5.92 Å².